The molecule has 0 bridgehead atoms. The number of carbonyl (C=O) groups excluding carboxylic acids is 1. The number of aliphatic carboxylic acids is 1. The van der Waals surface area contributed by atoms with Crippen LogP contribution in [0.15, 0.2) is 0 Å². The van der Waals surface area contributed by atoms with Crippen LogP contribution in [0.5, 0.6) is 0 Å². The summed E-state index contributed by atoms with van der Waals surface area (Å²) in [5, 5.41) is 10.9. The van der Waals surface area contributed by atoms with Crippen molar-refractivity contribution in [2.24, 2.45) is 5.73 Å². The molecule has 0 aromatic rings. The van der Waals surface area contributed by atoms with Gasteiger partial charge >= 0.3 is 12.0 Å². The normalized spacial score (nSPS) is 23.3. The largest absolute Gasteiger partial charge is 0.480 e. The fourth-order valence-corrected chi connectivity index (χ4v) is 1.31. The minimum absolute atomic E-state index is 0.0147. The van der Waals surface area contributed by atoms with E-state index >= 15 is 0 Å². The summed E-state index contributed by atoms with van der Waals surface area (Å²) in [4.78, 5) is 23.4. The van der Waals surface area contributed by atoms with Crippen molar-refractivity contribution in [3.63, 3.8) is 0 Å². The molecule has 80 valence electrons. The van der Waals surface area contributed by atoms with E-state index in [0.717, 1.165) is 6.42 Å². The molecule has 1 aliphatic rings. The molecule has 0 spiro atoms. The summed E-state index contributed by atoms with van der Waals surface area (Å²) < 4.78 is 0. The highest BCUT2D eigenvalue weighted by Gasteiger charge is 2.25. The topological polar surface area (TPSA) is 95.7 Å². The van der Waals surface area contributed by atoms with E-state index in [1.807, 2.05) is 0 Å². The molecule has 1 heterocycles. The Bertz CT molecular complexity index is 244. The molecular formula is C8H15N3O3. The van der Waals surface area contributed by atoms with Crippen molar-refractivity contribution < 1.29 is 14.7 Å². The standard InChI is InChI=1S/C8H15N3O3/c1-5(7(12)13)10-8(14)11-3-2-6(9)4-11/h5-6H,2-4,9H2,1H3,(H,10,14)(H,12,13). The highest BCUT2D eigenvalue weighted by Crippen LogP contribution is 2.06. The molecule has 14 heavy (non-hydrogen) atoms. The summed E-state index contributed by atoms with van der Waals surface area (Å²) in [5.41, 5.74) is 5.62. The lowest BCUT2D eigenvalue weighted by molar-refractivity contribution is -0.138. The number of amides is 2. The van der Waals surface area contributed by atoms with Crippen molar-refractivity contribution in [2.45, 2.75) is 25.4 Å². The van der Waals surface area contributed by atoms with Gasteiger partial charge in [0.15, 0.2) is 0 Å². The summed E-state index contributed by atoms with van der Waals surface area (Å²) in [6.45, 7) is 2.52. The Kier molecular flexibility index (Phi) is 3.29. The highest BCUT2D eigenvalue weighted by atomic mass is 16.4. The quantitative estimate of drug-likeness (QED) is 0.545. The molecule has 4 N–H and O–H groups in total. The number of carboxylic acids is 1. The molecule has 0 aliphatic carbocycles. The predicted octanol–water partition coefficient (Wildman–Crippen LogP) is -0.798. The zero-order valence-electron chi connectivity index (χ0n) is 8.06. The van der Waals surface area contributed by atoms with E-state index in [9.17, 15) is 9.59 Å². The van der Waals surface area contributed by atoms with Crippen molar-refractivity contribution in [1.29, 1.82) is 0 Å². The maximum Gasteiger partial charge on any atom is 0.325 e. The van der Waals surface area contributed by atoms with E-state index in [4.69, 9.17) is 10.8 Å². The second-order valence-corrected chi connectivity index (χ2v) is 3.50. The van der Waals surface area contributed by atoms with Gasteiger partial charge in [0.25, 0.3) is 0 Å². The first-order chi connectivity index (χ1) is 6.50. The Morgan fingerprint density at radius 2 is 2.29 bits per heavy atom. The Morgan fingerprint density at radius 1 is 1.64 bits per heavy atom. The van der Waals surface area contributed by atoms with Gasteiger partial charge in [0.2, 0.25) is 0 Å². The molecular weight excluding hydrogens is 186 g/mol. The average molecular weight is 201 g/mol. The number of likely N-dealkylation sites (tertiary alicyclic amines) is 1. The Hall–Kier alpha value is -1.30. The van der Waals surface area contributed by atoms with E-state index < -0.39 is 12.0 Å². The molecule has 1 rings (SSSR count). The summed E-state index contributed by atoms with van der Waals surface area (Å²) in [6.07, 6.45) is 0.773. The van der Waals surface area contributed by atoms with Crippen LogP contribution in [0.2, 0.25) is 0 Å². The van der Waals surface area contributed by atoms with Crippen LogP contribution in [0.1, 0.15) is 13.3 Å². The Labute approximate surface area is 82.1 Å². The zero-order valence-corrected chi connectivity index (χ0v) is 8.06. The molecule has 0 aromatic heterocycles. The fraction of sp³-hybridized carbons (Fsp3) is 0.750. The van der Waals surface area contributed by atoms with Gasteiger partial charge in [-0.25, -0.2) is 4.79 Å². The van der Waals surface area contributed by atoms with E-state index in [1.54, 1.807) is 0 Å². The van der Waals surface area contributed by atoms with Crippen LogP contribution in [-0.4, -0.2) is 47.2 Å². The number of carbonyl (C=O) groups is 2. The van der Waals surface area contributed by atoms with Gasteiger partial charge < -0.3 is 21.1 Å². The molecule has 2 amide bonds. The smallest absolute Gasteiger partial charge is 0.325 e. The molecule has 1 saturated heterocycles. The van der Waals surface area contributed by atoms with Gasteiger partial charge in [-0.15, -0.1) is 0 Å². The number of rotatable bonds is 2. The molecule has 0 radical (unpaired) electrons. The number of nitrogens with zero attached hydrogens (tertiary/aromatic N) is 1. The first-order valence-electron chi connectivity index (χ1n) is 4.54. The first kappa shape index (κ1) is 10.8. The van der Waals surface area contributed by atoms with Gasteiger partial charge in [-0.2, -0.15) is 0 Å². The molecule has 6 nitrogen and oxygen atoms in total. The molecule has 2 atom stereocenters. The van der Waals surface area contributed by atoms with Crippen LogP contribution >= 0.6 is 0 Å². The SMILES string of the molecule is CC(NC(=O)N1CCC(N)C1)C(=O)O. The van der Waals surface area contributed by atoms with Crippen molar-refractivity contribution >= 4 is 12.0 Å². The number of urea groups is 1. The van der Waals surface area contributed by atoms with Crippen LogP contribution in [0, 0.1) is 0 Å². The van der Waals surface area contributed by atoms with Gasteiger partial charge in [-0.1, -0.05) is 0 Å². The average Bonchev–Trinajstić information content (AvgIpc) is 2.51. The number of hydrogen-bond acceptors (Lipinski definition) is 3. The number of nitrogens with two attached hydrogens (primary N) is 1. The van der Waals surface area contributed by atoms with Gasteiger partial charge in [-0.05, 0) is 13.3 Å². The van der Waals surface area contributed by atoms with Crippen molar-refractivity contribution in [3.8, 4) is 0 Å². The molecule has 6 heteroatoms. The van der Waals surface area contributed by atoms with E-state index in [1.165, 1.54) is 11.8 Å². The van der Waals surface area contributed by atoms with Crippen LogP contribution in [0.4, 0.5) is 4.79 Å². The molecule has 1 aliphatic heterocycles. The van der Waals surface area contributed by atoms with Gasteiger partial charge in [0, 0.05) is 19.1 Å². The zero-order chi connectivity index (χ0) is 10.7. The maximum absolute atomic E-state index is 11.4. The molecule has 2 unspecified atom stereocenters. The lowest BCUT2D eigenvalue weighted by atomic mass is 10.3. The summed E-state index contributed by atoms with van der Waals surface area (Å²) in [7, 11) is 0. The van der Waals surface area contributed by atoms with Crippen LogP contribution in [0.25, 0.3) is 0 Å². The minimum Gasteiger partial charge on any atom is -0.480 e. The number of hydrogen-bond donors (Lipinski definition) is 3. The molecule has 1 fully saturated rings. The van der Waals surface area contributed by atoms with Gasteiger partial charge in [0.1, 0.15) is 6.04 Å². The maximum atomic E-state index is 11.4. The van der Waals surface area contributed by atoms with E-state index in [2.05, 4.69) is 5.32 Å². The minimum atomic E-state index is -1.04. The van der Waals surface area contributed by atoms with Crippen LogP contribution in [-0.2, 0) is 4.79 Å². The predicted molar refractivity (Wildman–Crippen MR) is 49.8 cm³/mol. The monoisotopic (exact) mass is 201 g/mol. The fourth-order valence-electron chi connectivity index (χ4n) is 1.31. The second kappa shape index (κ2) is 4.28. The molecule has 0 saturated carbocycles. The Balaban J connectivity index is 2.39. The van der Waals surface area contributed by atoms with E-state index in [-0.39, 0.29) is 12.1 Å². The Morgan fingerprint density at radius 3 is 2.71 bits per heavy atom. The lowest BCUT2D eigenvalue weighted by Crippen LogP contribution is -2.46. The highest BCUT2D eigenvalue weighted by molar-refractivity contribution is 5.82. The van der Waals surface area contributed by atoms with Gasteiger partial charge in [-0.3, -0.25) is 4.79 Å². The van der Waals surface area contributed by atoms with Crippen LogP contribution < -0.4 is 11.1 Å². The van der Waals surface area contributed by atoms with Crippen molar-refractivity contribution in [3.05, 3.63) is 0 Å². The van der Waals surface area contributed by atoms with Crippen LogP contribution in [0.3, 0.4) is 0 Å². The van der Waals surface area contributed by atoms with Crippen molar-refractivity contribution in [2.75, 3.05) is 13.1 Å². The number of nitrogens with one attached hydrogen (secondary N) is 1. The van der Waals surface area contributed by atoms with E-state index in [0.29, 0.717) is 13.1 Å². The number of carboxylic acid groups (broad SMARTS) is 1. The third-order valence-corrected chi connectivity index (χ3v) is 2.22. The lowest BCUT2D eigenvalue weighted by Gasteiger charge is -2.18. The third kappa shape index (κ3) is 2.59. The second-order valence-electron chi connectivity index (χ2n) is 3.50. The summed E-state index contributed by atoms with van der Waals surface area (Å²) in [6, 6.07) is -1.20. The summed E-state index contributed by atoms with van der Waals surface area (Å²) >= 11 is 0. The third-order valence-electron chi connectivity index (χ3n) is 2.22. The van der Waals surface area contributed by atoms with Gasteiger partial charge in [0.05, 0.1) is 0 Å². The first-order valence-corrected chi connectivity index (χ1v) is 4.54. The summed E-state index contributed by atoms with van der Waals surface area (Å²) in [5.74, 6) is -1.04. The van der Waals surface area contributed by atoms with Crippen molar-refractivity contribution in [1.82, 2.24) is 10.2 Å². The molecule has 0 aromatic carbocycles.